The molecule has 1 amide bonds. The first-order valence-corrected chi connectivity index (χ1v) is 7.99. The van der Waals surface area contributed by atoms with Gasteiger partial charge in [-0.2, -0.15) is 0 Å². The summed E-state index contributed by atoms with van der Waals surface area (Å²) in [6.45, 7) is 0. The lowest BCUT2D eigenvalue weighted by molar-refractivity contribution is 0.102. The smallest absolute Gasteiger partial charge is 0.273 e. The number of methoxy groups -OCH3 is 1. The number of aromatic nitrogens is 2. The van der Waals surface area contributed by atoms with E-state index in [-0.39, 0.29) is 17.4 Å². The molecule has 0 saturated heterocycles. The fraction of sp³-hybridized carbons (Fsp3) is 0.0588. The maximum atomic E-state index is 13.7. The van der Waals surface area contributed by atoms with Crippen molar-refractivity contribution in [3.05, 3.63) is 54.0 Å². The van der Waals surface area contributed by atoms with Gasteiger partial charge in [-0.15, -0.1) is 0 Å². The fourth-order valence-corrected chi connectivity index (χ4v) is 3.38. The third-order valence-corrected chi connectivity index (χ3v) is 4.61. The molecule has 0 atom stereocenters. The molecule has 0 fully saturated rings. The van der Waals surface area contributed by atoms with E-state index < -0.39 is 0 Å². The zero-order valence-electron chi connectivity index (χ0n) is 12.6. The van der Waals surface area contributed by atoms with Crippen molar-refractivity contribution in [3.63, 3.8) is 0 Å². The number of aromatic amines is 1. The van der Waals surface area contributed by atoms with Crippen molar-refractivity contribution >= 4 is 43.5 Å². The van der Waals surface area contributed by atoms with Crippen molar-refractivity contribution < 1.29 is 13.9 Å². The quantitative estimate of drug-likeness (QED) is 0.587. The predicted molar refractivity (Wildman–Crippen MR) is 92.4 cm³/mol. The van der Waals surface area contributed by atoms with Gasteiger partial charge < -0.3 is 9.72 Å². The third-order valence-electron chi connectivity index (χ3n) is 3.67. The molecule has 0 bridgehead atoms. The number of ether oxygens (including phenoxy) is 1. The molecule has 0 unspecified atom stereocenters. The van der Waals surface area contributed by atoms with E-state index in [2.05, 4.69) is 15.3 Å². The predicted octanol–water partition coefficient (Wildman–Crippen LogP) is 4.18. The van der Waals surface area contributed by atoms with E-state index in [0.29, 0.717) is 16.0 Å². The second-order valence-corrected chi connectivity index (χ2v) is 6.22. The Morgan fingerprint density at radius 2 is 2.17 bits per heavy atom. The van der Waals surface area contributed by atoms with Crippen LogP contribution in [0.2, 0.25) is 0 Å². The SMILES string of the molecule is COc1ccc2nc(NC(=O)c3cc4c(F)cccc4[nH]3)sc2c1. The summed E-state index contributed by atoms with van der Waals surface area (Å²) in [6.07, 6.45) is 0. The number of fused-ring (bicyclic) bond motifs is 2. The summed E-state index contributed by atoms with van der Waals surface area (Å²) in [4.78, 5) is 19.7. The van der Waals surface area contributed by atoms with Crippen LogP contribution in [0.15, 0.2) is 42.5 Å². The first-order valence-electron chi connectivity index (χ1n) is 7.17. The van der Waals surface area contributed by atoms with Crippen LogP contribution in [0.4, 0.5) is 9.52 Å². The van der Waals surface area contributed by atoms with Gasteiger partial charge in [0.05, 0.1) is 17.3 Å². The van der Waals surface area contributed by atoms with Gasteiger partial charge in [0.25, 0.3) is 5.91 Å². The van der Waals surface area contributed by atoms with Crippen LogP contribution >= 0.6 is 11.3 Å². The molecule has 0 aliphatic carbocycles. The number of thiazole rings is 1. The number of halogens is 1. The number of hydrogen-bond acceptors (Lipinski definition) is 4. The number of H-pyrrole nitrogens is 1. The molecule has 2 heterocycles. The second kappa shape index (κ2) is 5.61. The van der Waals surface area contributed by atoms with Crippen molar-refractivity contribution in [1.82, 2.24) is 9.97 Å². The molecule has 0 saturated carbocycles. The van der Waals surface area contributed by atoms with Gasteiger partial charge in [-0.25, -0.2) is 9.37 Å². The average Bonchev–Trinajstić information content (AvgIpc) is 3.18. The number of nitrogens with zero attached hydrogens (tertiary/aromatic N) is 1. The molecular formula is C17H12FN3O2S. The summed E-state index contributed by atoms with van der Waals surface area (Å²) in [5, 5.41) is 3.60. The molecule has 4 rings (SSSR count). The van der Waals surface area contributed by atoms with Gasteiger partial charge in [0, 0.05) is 10.9 Å². The maximum Gasteiger partial charge on any atom is 0.273 e. The minimum Gasteiger partial charge on any atom is -0.497 e. The Bertz CT molecular complexity index is 1070. The number of benzene rings is 2. The molecule has 0 radical (unpaired) electrons. The van der Waals surface area contributed by atoms with Gasteiger partial charge in [-0.1, -0.05) is 17.4 Å². The molecular weight excluding hydrogens is 329 g/mol. The average molecular weight is 341 g/mol. The lowest BCUT2D eigenvalue weighted by Crippen LogP contribution is -2.11. The number of amides is 1. The minimum absolute atomic E-state index is 0.284. The van der Waals surface area contributed by atoms with Crippen molar-refractivity contribution in [2.75, 3.05) is 12.4 Å². The van der Waals surface area contributed by atoms with Crippen LogP contribution in [-0.2, 0) is 0 Å². The van der Waals surface area contributed by atoms with Crippen molar-refractivity contribution in [3.8, 4) is 5.75 Å². The Balaban J connectivity index is 1.64. The van der Waals surface area contributed by atoms with Gasteiger partial charge in [0.15, 0.2) is 5.13 Å². The normalized spacial score (nSPS) is 11.1. The van der Waals surface area contributed by atoms with Crippen LogP contribution < -0.4 is 10.1 Å². The van der Waals surface area contributed by atoms with Crippen LogP contribution in [0.5, 0.6) is 5.75 Å². The van der Waals surface area contributed by atoms with E-state index in [1.54, 1.807) is 19.2 Å². The van der Waals surface area contributed by atoms with Gasteiger partial charge in [0.1, 0.15) is 17.3 Å². The molecule has 0 aliphatic rings. The zero-order valence-corrected chi connectivity index (χ0v) is 13.4. The highest BCUT2D eigenvalue weighted by atomic mass is 32.1. The number of anilines is 1. The number of carbonyl (C=O) groups is 1. The molecule has 2 aromatic carbocycles. The van der Waals surface area contributed by atoms with E-state index in [9.17, 15) is 9.18 Å². The number of rotatable bonds is 3. The second-order valence-electron chi connectivity index (χ2n) is 5.19. The Morgan fingerprint density at radius 3 is 2.96 bits per heavy atom. The summed E-state index contributed by atoms with van der Waals surface area (Å²) in [5.41, 5.74) is 1.64. The molecule has 120 valence electrons. The van der Waals surface area contributed by atoms with Crippen LogP contribution in [0, 0.1) is 5.82 Å². The number of carbonyl (C=O) groups excluding carboxylic acids is 1. The zero-order chi connectivity index (χ0) is 16.7. The van der Waals surface area contributed by atoms with Crippen molar-refractivity contribution in [2.45, 2.75) is 0 Å². The summed E-state index contributed by atoms with van der Waals surface area (Å²) in [7, 11) is 1.60. The van der Waals surface area contributed by atoms with Gasteiger partial charge in [-0.3, -0.25) is 10.1 Å². The van der Waals surface area contributed by atoms with Crippen molar-refractivity contribution in [1.29, 1.82) is 0 Å². The molecule has 0 spiro atoms. The van der Waals surface area contributed by atoms with Gasteiger partial charge in [-0.05, 0) is 36.4 Å². The minimum atomic E-state index is -0.366. The molecule has 2 N–H and O–H groups in total. The monoisotopic (exact) mass is 341 g/mol. The summed E-state index contributed by atoms with van der Waals surface area (Å²) in [5.74, 6) is 0.00150. The van der Waals surface area contributed by atoms with Crippen molar-refractivity contribution in [2.24, 2.45) is 0 Å². The van der Waals surface area contributed by atoms with Crippen LogP contribution in [0.1, 0.15) is 10.5 Å². The Morgan fingerprint density at radius 1 is 1.29 bits per heavy atom. The first kappa shape index (κ1) is 14.6. The highest BCUT2D eigenvalue weighted by Gasteiger charge is 2.14. The highest BCUT2D eigenvalue weighted by molar-refractivity contribution is 7.22. The van der Waals surface area contributed by atoms with E-state index in [4.69, 9.17) is 4.74 Å². The maximum absolute atomic E-state index is 13.7. The molecule has 0 aliphatic heterocycles. The van der Waals surface area contributed by atoms with Gasteiger partial charge in [0.2, 0.25) is 0 Å². The van der Waals surface area contributed by atoms with Gasteiger partial charge >= 0.3 is 0 Å². The van der Waals surface area contributed by atoms with E-state index in [1.165, 1.54) is 23.5 Å². The lowest BCUT2D eigenvalue weighted by Gasteiger charge is -1.97. The van der Waals surface area contributed by atoms with E-state index in [1.807, 2.05) is 18.2 Å². The first-order chi connectivity index (χ1) is 11.6. The highest BCUT2D eigenvalue weighted by Crippen LogP contribution is 2.29. The van der Waals surface area contributed by atoms with Crippen LogP contribution in [0.3, 0.4) is 0 Å². The Kier molecular flexibility index (Phi) is 3.42. The molecule has 4 aromatic rings. The van der Waals surface area contributed by atoms with Crippen LogP contribution in [-0.4, -0.2) is 23.0 Å². The van der Waals surface area contributed by atoms with Crippen LogP contribution in [0.25, 0.3) is 21.1 Å². The Hall–Kier alpha value is -2.93. The molecule has 7 heteroatoms. The Labute approximate surface area is 140 Å². The third kappa shape index (κ3) is 2.48. The number of hydrogen-bond donors (Lipinski definition) is 2. The summed E-state index contributed by atoms with van der Waals surface area (Å²) < 4.78 is 19.8. The van der Waals surface area contributed by atoms with E-state index >= 15 is 0 Å². The van der Waals surface area contributed by atoms with E-state index in [0.717, 1.165) is 16.0 Å². The summed E-state index contributed by atoms with van der Waals surface area (Å²) in [6, 6.07) is 11.7. The molecule has 5 nitrogen and oxygen atoms in total. The fourth-order valence-electron chi connectivity index (χ4n) is 2.49. The lowest BCUT2D eigenvalue weighted by atomic mass is 10.2. The summed E-state index contributed by atoms with van der Waals surface area (Å²) >= 11 is 1.35. The molecule has 2 aromatic heterocycles. The molecule has 24 heavy (non-hydrogen) atoms. The largest absolute Gasteiger partial charge is 0.497 e. The topological polar surface area (TPSA) is 67.0 Å². The standard InChI is InChI=1S/C17H12FN3O2S/c1-23-9-5-6-13-15(7-9)24-17(20-13)21-16(22)14-8-10-11(18)3-2-4-12(10)19-14/h2-8,19H,1H3,(H,20,21,22). The number of nitrogens with one attached hydrogen (secondary N) is 2.